The van der Waals surface area contributed by atoms with Crippen LogP contribution in [0.25, 0.3) is 0 Å². The van der Waals surface area contributed by atoms with E-state index in [-0.39, 0.29) is 0 Å². The minimum atomic E-state index is -1.46. The molecule has 0 saturated heterocycles. The lowest BCUT2D eigenvalue weighted by molar-refractivity contribution is 0.426. The van der Waals surface area contributed by atoms with E-state index < -0.39 is 7.12 Å². The highest BCUT2D eigenvalue weighted by Gasteiger charge is 2.11. The largest absolute Gasteiger partial charge is 0.488 e. The standard InChI is InChI=1S/C14H15BN2O2/c1-11-7-8-13(15(18)19)9-12(11)10-16-17-14-5-3-2-4-6-14/h2-10,17-19H,1H3. The fourth-order valence-electron chi connectivity index (χ4n) is 1.65. The molecule has 3 N–H and O–H groups in total. The van der Waals surface area contributed by atoms with E-state index in [1.54, 1.807) is 18.3 Å². The van der Waals surface area contributed by atoms with Gasteiger partial charge in [-0.2, -0.15) is 5.10 Å². The van der Waals surface area contributed by atoms with Gasteiger partial charge < -0.3 is 10.0 Å². The van der Waals surface area contributed by atoms with Crippen LogP contribution in [-0.4, -0.2) is 23.4 Å². The molecule has 19 heavy (non-hydrogen) atoms. The maximum Gasteiger partial charge on any atom is 0.488 e. The first-order valence-electron chi connectivity index (χ1n) is 5.97. The molecule has 96 valence electrons. The third-order valence-corrected chi connectivity index (χ3v) is 2.77. The molecule has 0 aliphatic heterocycles. The van der Waals surface area contributed by atoms with Crippen molar-refractivity contribution in [3.8, 4) is 0 Å². The summed E-state index contributed by atoms with van der Waals surface area (Å²) in [5, 5.41) is 22.4. The van der Waals surface area contributed by atoms with Crippen LogP contribution in [-0.2, 0) is 0 Å². The highest BCUT2D eigenvalue weighted by atomic mass is 16.4. The van der Waals surface area contributed by atoms with Crippen molar-refractivity contribution in [2.75, 3.05) is 5.43 Å². The van der Waals surface area contributed by atoms with Crippen molar-refractivity contribution < 1.29 is 10.0 Å². The number of hydrogen-bond donors (Lipinski definition) is 3. The molecule has 0 saturated carbocycles. The molecule has 4 nitrogen and oxygen atoms in total. The summed E-state index contributed by atoms with van der Waals surface area (Å²) >= 11 is 0. The predicted molar refractivity (Wildman–Crippen MR) is 78.7 cm³/mol. The van der Waals surface area contributed by atoms with Gasteiger partial charge in [0.2, 0.25) is 0 Å². The van der Waals surface area contributed by atoms with Crippen molar-refractivity contribution in [3.05, 3.63) is 59.7 Å². The lowest BCUT2D eigenvalue weighted by Crippen LogP contribution is -2.30. The summed E-state index contributed by atoms with van der Waals surface area (Å²) in [6, 6.07) is 14.8. The van der Waals surface area contributed by atoms with Crippen LogP contribution < -0.4 is 10.9 Å². The third-order valence-electron chi connectivity index (χ3n) is 2.77. The average molecular weight is 254 g/mol. The second kappa shape index (κ2) is 6.18. The molecule has 2 aromatic rings. The topological polar surface area (TPSA) is 64.8 Å². The van der Waals surface area contributed by atoms with Crippen molar-refractivity contribution in [1.82, 2.24) is 0 Å². The lowest BCUT2D eigenvalue weighted by Gasteiger charge is -2.04. The molecule has 0 amide bonds. The van der Waals surface area contributed by atoms with Crippen molar-refractivity contribution in [2.45, 2.75) is 6.92 Å². The van der Waals surface area contributed by atoms with E-state index in [2.05, 4.69) is 10.5 Å². The fraction of sp³-hybridized carbons (Fsp3) is 0.0714. The Bertz CT molecular complexity index is 571. The molecule has 0 radical (unpaired) electrons. The summed E-state index contributed by atoms with van der Waals surface area (Å²) in [7, 11) is -1.46. The van der Waals surface area contributed by atoms with Gasteiger partial charge in [0.25, 0.3) is 0 Å². The molecule has 5 heteroatoms. The molecule has 0 aliphatic carbocycles. The summed E-state index contributed by atoms with van der Waals surface area (Å²) in [5.41, 5.74) is 6.12. The van der Waals surface area contributed by atoms with E-state index in [0.717, 1.165) is 16.8 Å². The van der Waals surface area contributed by atoms with E-state index >= 15 is 0 Å². The Morgan fingerprint density at radius 1 is 1.11 bits per heavy atom. The molecular formula is C14H15BN2O2. The SMILES string of the molecule is Cc1ccc(B(O)O)cc1C=NNc1ccccc1. The van der Waals surface area contributed by atoms with E-state index in [1.165, 1.54) is 0 Å². The van der Waals surface area contributed by atoms with Gasteiger partial charge in [0.15, 0.2) is 0 Å². The Kier molecular flexibility index (Phi) is 4.33. The highest BCUT2D eigenvalue weighted by Crippen LogP contribution is 2.06. The number of nitrogens with one attached hydrogen (secondary N) is 1. The van der Waals surface area contributed by atoms with Crippen LogP contribution in [0.2, 0.25) is 0 Å². The van der Waals surface area contributed by atoms with Gasteiger partial charge in [0.1, 0.15) is 0 Å². The van der Waals surface area contributed by atoms with Gasteiger partial charge in [-0.1, -0.05) is 36.4 Å². The second-order valence-electron chi connectivity index (χ2n) is 4.23. The highest BCUT2D eigenvalue weighted by molar-refractivity contribution is 6.58. The second-order valence-corrected chi connectivity index (χ2v) is 4.23. The molecule has 0 aromatic heterocycles. The van der Waals surface area contributed by atoms with Crippen molar-refractivity contribution in [2.24, 2.45) is 5.10 Å². The van der Waals surface area contributed by atoms with Crippen LogP contribution in [0, 0.1) is 6.92 Å². The lowest BCUT2D eigenvalue weighted by atomic mass is 9.79. The number of hydrazone groups is 1. The quantitative estimate of drug-likeness (QED) is 0.435. The van der Waals surface area contributed by atoms with Crippen molar-refractivity contribution in [3.63, 3.8) is 0 Å². The minimum Gasteiger partial charge on any atom is -0.423 e. The van der Waals surface area contributed by atoms with Gasteiger partial charge in [0.05, 0.1) is 11.9 Å². The number of para-hydroxylation sites is 1. The number of anilines is 1. The van der Waals surface area contributed by atoms with Gasteiger partial charge in [0, 0.05) is 0 Å². The Balaban J connectivity index is 2.12. The van der Waals surface area contributed by atoms with Crippen LogP contribution in [0.3, 0.4) is 0 Å². The van der Waals surface area contributed by atoms with Gasteiger partial charge in [-0.3, -0.25) is 5.43 Å². The fourth-order valence-corrected chi connectivity index (χ4v) is 1.65. The summed E-state index contributed by atoms with van der Waals surface area (Å²) < 4.78 is 0. The Labute approximate surface area is 112 Å². The van der Waals surface area contributed by atoms with Crippen LogP contribution in [0.1, 0.15) is 11.1 Å². The van der Waals surface area contributed by atoms with E-state index in [4.69, 9.17) is 10.0 Å². The van der Waals surface area contributed by atoms with Crippen molar-refractivity contribution >= 4 is 24.5 Å². The summed E-state index contributed by atoms with van der Waals surface area (Å²) in [6.45, 7) is 1.94. The molecule has 0 aliphatic rings. The average Bonchev–Trinajstić information content (AvgIpc) is 2.42. The molecule has 0 atom stereocenters. The zero-order valence-corrected chi connectivity index (χ0v) is 10.6. The molecule has 0 heterocycles. The molecule has 2 aromatic carbocycles. The van der Waals surface area contributed by atoms with E-state index in [0.29, 0.717) is 5.46 Å². The molecule has 0 spiro atoms. The van der Waals surface area contributed by atoms with Gasteiger partial charge in [-0.15, -0.1) is 0 Å². The van der Waals surface area contributed by atoms with E-state index in [1.807, 2.05) is 43.3 Å². The Hall–Kier alpha value is -2.11. The molecule has 0 bridgehead atoms. The zero-order valence-electron chi connectivity index (χ0n) is 10.6. The van der Waals surface area contributed by atoms with Crippen LogP contribution >= 0.6 is 0 Å². The molecule has 2 rings (SSSR count). The summed E-state index contributed by atoms with van der Waals surface area (Å²) in [5.74, 6) is 0. The maximum absolute atomic E-state index is 9.14. The Morgan fingerprint density at radius 2 is 1.84 bits per heavy atom. The number of aryl methyl sites for hydroxylation is 1. The number of benzene rings is 2. The monoisotopic (exact) mass is 254 g/mol. The van der Waals surface area contributed by atoms with Crippen LogP contribution in [0.4, 0.5) is 5.69 Å². The van der Waals surface area contributed by atoms with Gasteiger partial charge >= 0.3 is 7.12 Å². The summed E-state index contributed by atoms with van der Waals surface area (Å²) in [4.78, 5) is 0. The number of hydrogen-bond acceptors (Lipinski definition) is 4. The van der Waals surface area contributed by atoms with Crippen LogP contribution in [0.5, 0.6) is 0 Å². The minimum absolute atomic E-state index is 0.451. The normalized spacial score (nSPS) is 10.7. The first-order chi connectivity index (χ1) is 9.16. The number of rotatable bonds is 4. The molecular weight excluding hydrogens is 239 g/mol. The maximum atomic E-state index is 9.14. The molecule has 0 fully saturated rings. The zero-order chi connectivity index (χ0) is 13.7. The number of nitrogens with zero attached hydrogens (tertiary/aromatic N) is 1. The summed E-state index contributed by atoms with van der Waals surface area (Å²) in [6.07, 6.45) is 1.66. The van der Waals surface area contributed by atoms with E-state index in [9.17, 15) is 0 Å². The predicted octanol–water partition coefficient (Wildman–Crippen LogP) is 1.12. The van der Waals surface area contributed by atoms with Gasteiger partial charge in [-0.25, -0.2) is 0 Å². The molecule has 0 unspecified atom stereocenters. The van der Waals surface area contributed by atoms with Crippen molar-refractivity contribution in [1.29, 1.82) is 0 Å². The first-order valence-corrected chi connectivity index (χ1v) is 5.97. The Morgan fingerprint density at radius 3 is 2.53 bits per heavy atom. The smallest absolute Gasteiger partial charge is 0.423 e. The third kappa shape index (κ3) is 3.68. The van der Waals surface area contributed by atoms with Gasteiger partial charge in [-0.05, 0) is 35.6 Å². The first kappa shape index (κ1) is 13.3. The van der Waals surface area contributed by atoms with Crippen LogP contribution in [0.15, 0.2) is 53.6 Å².